The molecule has 3 nitrogen and oxygen atoms in total. The minimum atomic E-state index is 0.160. The molecule has 1 heterocycles. The van der Waals surface area contributed by atoms with E-state index in [1.807, 2.05) is 17.9 Å². The summed E-state index contributed by atoms with van der Waals surface area (Å²) < 4.78 is 1.90. The summed E-state index contributed by atoms with van der Waals surface area (Å²) >= 11 is 0. The van der Waals surface area contributed by atoms with Gasteiger partial charge in [-0.1, -0.05) is 37.3 Å². The summed E-state index contributed by atoms with van der Waals surface area (Å²) in [6.45, 7) is 3.35. The number of hydrogen-bond acceptors (Lipinski definition) is 2. The maximum absolute atomic E-state index is 4.33. The lowest BCUT2D eigenvalue weighted by atomic mass is 9.73. The summed E-state index contributed by atoms with van der Waals surface area (Å²) in [4.78, 5) is 0. The largest absolute Gasteiger partial charge is 0.313 e. The molecule has 1 aliphatic carbocycles. The molecule has 3 heteroatoms. The van der Waals surface area contributed by atoms with Gasteiger partial charge in [-0.05, 0) is 36.8 Å². The number of nitrogens with one attached hydrogen (secondary N) is 1. The molecular weight excluding hydrogens is 258 g/mol. The molecule has 0 aliphatic heterocycles. The van der Waals surface area contributed by atoms with Crippen LogP contribution in [0.2, 0.25) is 0 Å². The van der Waals surface area contributed by atoms with Crippen LogP contribution < -0.4 is 5.32 Å². The minimum Gasteiger partial charge on any atom is -0.313 e. The summed E-state index contributed by atoms with van der Waals surface area (Å²) in [5.74, 6) is 0. The van der Waals surface area contributed by atoms with Crippen molar-refractivity contribution < 1.29 is 0 Å². The molecule has 112 valence electrons. The van der Waals surface area contributed by atoms with Gasteiger partial charge in [-0.15, -0.1) is 0 Å². The standard InChI is InChI=1S/C18H25N3/c1-3-18(14-19-17-9-10-17,16-7-5-4-6-8-16)11-15-12-20-21(2)13-15/h4-8,12-13,17,19H,3,9-11,14H2,1-2H3. The second kappa shape index (κ2) is 6.02. The minimum absolute atomic E-state index is 0.160. The van der Waals surface area contributed by atoms with E-state index < -0.39 is 0 Å². The molecule has 1 N–H and O–H groups in total. The molecule has 21 heavy (non-hydrogen) atoms. The molecule has 1 fully saturated rings. The first-order valence-corrected chi connectivity index (χ1v) is 7.98. The average molecular weight is 283 g/mol. The van der Waals surface area contributed by atoms with Crippen LogP contribution in [0.5, 0.6) is 0 Å². The highest BCUT2D eigenvalue weighted by Gasteiger charge is 2.33. The average Bonchev–Trinajstić information content (AvgIpc) is 3.26. The Bertz CT molecular complexity index is 571. The van der Waals surface area contributed by atoms with Gasteiger partial charge in [0.15, 0.2) is 0 Å². The molecular formula is C18H25N3. The molecule has 1 aromatic carbocycles. The molecule has 1 saturated carbocycles. The van der Waals surface area contributed by atoms with Crippen LogP contribution in [0.4, 0.5) is 0 Å². The molecule has 0 spiro atoms. The predicted molar refractivity (Wildman–Crippen MR) is 86.3 cm³/mol. The van der Waals surface area contributed by atoms with E-state index in [-0.39, 0.29) is 5.41 Å². The van der Waals surface area contributed by atoms with E-state index in [0.717, 1.165) is 25.4 Å². The van der Waals surface area contributed by atoms with Gasteiger partial charge in [-0.25, -0.2) is 0 Å². The Morgan fingerprint density at radius 2 is 2.05 bits per heavy atom. The number of rotatable bonds is 7. The van der Waals surface area contributed by atoms with Gasteiger partial charge < -0.3 is 5.32 Å². The predicted octanol–water partition coefficient (Wildman–Crippen LogP) is 3.06. The van der Waals surface area contributed by atoms with Crippen molar-refractivity contribution in [3.05, 3.63) is 53.9 Å². The van der Waals surface area contributed by atoms with Crippen molar-refractivity contribution in [2.24, 2.45) is 7.05 Å². The maximum Gasteiger partial charge on any atom is 0.0521 e. The van der Waals surface area contributed by atoms with Gasteiger partial charge in [0.1, 0.15) is 0 Å². The maximum atomic E-state index is 4.33. The third-order valence-corrected chi connectivity index (χ3v) is 4.67. The quantitative estimate of drug-likeness (QED) is 0.846. The number of aromatic nitrogens is 2. The van der Waals surface area contributed by atoms with Gasteiger partial charge in [0.05, 0.1) is 6.20 Å². The normalized spacial score (nSPS) is 17.6. The van der Waals surface area contributed by atoms with Crippen molar-refractivity contribution in [2.75, 3.05) is 6.54 Å². The highest BCUT2D eigenvalue weighted by molar-refractivity contribution is 5.29. The van der Waals surface area contributed by atoms with Crippen LogP contribution in [0.3, 0.4) is 0 Å². The van der Waals surface area contributed by atoms with E-state index in [1.54, 1.807) is 0 Å². The van der Waals surface area contributed by atoms with Gasteiger partial charge in [0, 0.05) is 31.2 Å². The van der Waals surface area contributed by atoms with E-state index in [9.17, 15) is 0 Å². The van der Waals surface area contributed by atoms with E-state index in [1.165, 1.54) is 24.0 Å². The highest BCUT2D eigenvalue weighted by atomic mass is 15.2. The third-order valence-electron chi connectivity index (χ3n) is 4.67. The van der Waals surface area contributed by atoms with Crippen LogP contribution >= 0.6 is 0 Å². The van der Waals surface area contributed by atoms with Crippen molar-refractivity contribution in [2.45, 2.75) is 44.1 Å². The molecule has 3 rings (SSSR count). The Hall–Kier alpha value is -1.61. The SMILES string of the molecule is CCC(CNC1CC1)(Cc1cnn(C)c1)c1ccccc1. The first-order valence-electron chi connectivity index (χ1n) is 7.98. The monoisotopic (exact) mass is 283 g/mol. The smallest absolute Gasteiger partial charge is 0.0521 e. The molecule has 1 aliphatic rings. The van der Waals surface area contributed by atoms with E-state index in [2.05, 4.69) is 53.9 Å². The fourth-order valence-electron chi connectivity index (χ4n) is 3.09. The van der Waals surface area contributed by atoms with Crippen molar-refractivity contribution in [3.8, 4) is 0 Å². The molecule has 2 aromatic rings. The second-order valence-electron chi connectivity index (χ2n) is 6.35. The summed E-state index contributed by atoms with van der Waals surface area (Å²) in [7, 11) is 1.99. The summed E-state index contributed by atoms with van der Waals surface area (Å²) in [6, 6.07) is 11.7. The topological polar surface area (TPSA) is 29.9 Å². The van der Waals surface area contributed by atoms with Gasteiger partial charge in [-0.2, -0.15) is 5.10 Å². The van der Waals surface area contributed by atoms with E-state index in [0.29, 0.717) is 0 Å². The first kappa shape index (κ1) is 14.3. The van der Waals surface area contributed by atoms with Crippen molar-refractivity contribution >= 4 is 0 Å². The first-order chi connectivity index (χ1) is 10.2. The van der Waals surface area contributed by atoms with Gasteiger partial charge in [-0.3, -0.25) is 4.68 Å². The summed E-state index contributed by atoms with van der Waals surface area (Å²) in [5, 5.41) is 8.08. The number of hydrogen-bond donors (Lipinski definition) is 1. The third kappa shape index (κ3) is 3.35. The Kier molecular flexibility index (Phi) is 4.11. The number of nitrogens with zero attached hydrogens (tertiary/aromatic N) is 2. The van der Waals surface area contributed by atoms with Crippen molar-refractivity contribution in [3.63, 3.8) is 0 Å². The Morgan fingerprint density at radius 1 is 1.29 bits per heavy atom. The van der Waals surface area contributed by atoms with E-state index in [4.69, 9.17) is 0 Å². The number of benzene rings is 1. The molecule has 0 radical (unpaired) electrons. The zero-order valence-corrected chi connectivity index (χ0v) is 13.0. The lowest BCUT2D eigenvalue weighted by Crippen LogP contribution is -2.40. The lowest BCUT2D eigenvalue weighted by Gasteiger charge is -2.34. The Labute approximate surface area is 127 Å². The molecule has 1 unspecified atom stereocenters. The summed E-state index contributed by atoms with van der Waals surface area (Å²) in [6.07, 6.45) is 8.99. The van der Waals surface area contributed by atoms with Crippen LogP contribution in [-0.4, -0.2) is 22.4 Å². The molecule has 0 saturated heterocycles. The van der Waals surface area contributed by atoms with Gasteiger partial charge >= 0.3 is 0 Å². The fraction of sp³-hybridized carbons (Fsp3) is 0.500. The van der Waals surface area contributed by atoms with Crippen LogP contribution in [0.25, 0.3) is 0 Å². The van der Waals surface area contributed by atoms with E-state index >= 15 is 0 Å². The van der Waals surface area contributed by atoms with Crippen LogP contribution in [0.15, 0.2) is 42.7 Å². The second-order valence-corrected chi connectivity index (χ2v) is 6.35. The Balaban J connectivity index is 1.87. The van der Waals surface area contributed by atoms with Gasteiger partial charge in [0.2, 0.25) is 0 Å². The molecule has 0 amide bonds. The molecule has 0 bridgehead atoms. The molecule has 1 atom stereocenters. The van der Waals surface area contributed by atoms with Crippen LogP contribution in [-0.2, 0) is 18.9 Å². The summed E-state index contributed by atoms with van der Waals surface area (Å²) in [5.41, 5.74) is 2.91. The van der Waals surface area contributed by atoms with Crippen LogP contribution in [0, 0.1) is 0 Å². The van der Waals surface area contributed by atoms with Crippen LogP contribution in [0.1, 0.15) is 37.3 Å². The fourth-order valence-corrected chi connectivity index (χ4v) is 3.09. The molecule has 1 aromatic heterocycles. The highest BCUT2D eigenvalue weighted by Crippen LogP contribution is 2.33. The van der Waals surface area contributed by atoms with Crippen molar-refractivity contribution in [1.82, 2.24) is 15.1 Å². The number of aryl methyl sites for hydroxylation is 1. The van der Waals surface area contributed by atoms with Gasteiger partial charge in [0.25, 0.3) is 0 Å². The zero-order chi connectivity index (χ0) is 14.7. The lowest BCUT2D eigenvalue weighted by molar-refractivity contribution is 0.376. The van der Waals surface area contributed by atoms with Crippen molar-refractivity contribution in [1.29, 1.82) is 0 Å². The Morgan fingerprint density at radius 3 is 2.62 bits per heavy atom. The zero-order valence-electron chi connectivity index (χ0n) is 13.0.